The van der Waals surface area contributed by atoms with Gasteiger partial charge >= 0.3 is 0 Å². The van der Waals surface area contributed by atoms with Gasteiger partial charge in [0.15, 0.2) is 0 Å². The quantitative estimate of drug-likeness (QED) is 0.507. The van der Waals surface area contributed by atoms with Crippen LogP contribution in [0.1, 0.15) is 36.2 Å². The first-order chi connectivity index (χ1) is 9.45. The molecule has 2 heterocycles. The van der Waals surface area contributed by atoms with Crippen LogP contribution in [0.2, 0.25) is 0 Å². The summed E-state index contributed by atoms with van der Waals surface area (Å²) in [5.41, 5.74) is 3.03. The van der Waals surface area contributed by atoms with Crippen molar-refractivity contribution in [2.75, 3.05) is 0 Å². The predicted octanol–water partition coefficient (Wildman–Crippen LogP) is 1.41. The molecule has 1 amide bonds. The fourth-order valence-electron chi connectivity index (χ4n) is 2.11. The van der Waals surface area contributed by atoms with E-state index in [2.05, 4.69) is 10.4 Å². The summed E-state index contributed by atoms with van der Waals surface area (Å²) in [5.74, 6) is 4.81. The minimum absolute atomic E-state index is 0.0440. The molecular weight excluding hydrogens is 276 g/mol. The van der Waals surface area contributed by atoms with E-state index in [0.29, 0.717) is 11.8 Å². The number of nitrogens with one attached hydrogen (secondary N) is 1. The van der Waals surface area contributed by atoms with E-state index >= 15 is 0 Å². The van der Waals surface area contributed by atoms with Gasteiger partial charge in [-0.15, -0.1) is 11.3 Å². The summed E-state index contributed by atoms with van der Waals surface area (Å²) < 4.78 is 1.59. The van der Waals surface area contributed by atoms with Gasteiger partial charge in [-0.25, -0.2) is 10.8 Å². The molecule has 0 fully saturated rings. The van der Waals surface area contributed by atoms with Gasteiger partial charge in [0.25, 0.3) is 5.56 Å². The number of thiophene rings is 1. The highest BCUT2D eigenvalue weighted by Gasteiger charge is 2.15. The van der Waals surface area contributed by atoms with E-state index < -0.39 is 0 Å². The molecule has 7 heteroatoms. The number of nitrogens with two attached hydrogens (primary N) is 1. The standard InChI is InChI=1S/C13H18N4O2S/c1-7(4-5-10(18)16-14)17-6-15-12-11(13(17)19)8(2)9(3)20-12/h6-7H,4-5,14H2,1-3H3,(H,16,18). The Kier molecular flexibility index (Phi) is 4.20. The summed E-state index contributed by atoms with van der Waals surface area (Å²) in [4.78, 5) is 29.9. The summed E-state index contributed by atoms with van der Waals surface area (Å²) in [7, 11) is 0. The molecule has 1 unspecified atom stereocenters. The number of nitrogens with zero attached hydrogens (tertiary/aromatic N) is 2. The second kappa shape index (κ2) is 5.72. The Hall–Kier alpha value is -1.73. The zero-order chi connectivity index (χ0) is 14.9. The fraction of sp³-hybridized carbons (Fsp3) is 0.462. The Morgan fingerprint density at radius 2 is 2.25 bits per heavy atom. The van der Waals surface area contributed by atoms with Crippen LogP contribution in [0.5, 0.6) is 0 Å². The molecule has 0 spiro atoms. The van der Waals surface area contributed by atoms with E-state index in [1.807, 2.05) is 20.8 Å². The minimum atomic E-state index is -0.235. The van der Waals surface area contributed by atoms with Gasteiger partial charge < -0.3 is 0 Å². The maximum absolute atomic E-state index is 12.5. The average Bonchev–Trinajstić information content (AvgIpc) is 2.72. The number of carbonyl (C=O) groups is 1. The van der Waals surface area contributed by atoms with Crippen LogP contribution >= 0.6 is 11.3 Å². The molecule has 108 valence electrons. The highest BCUT2D eigenvalue weighted by molar-refractivity contribution is 7.18. The van der Waals surface area contributed by atoms with Crippen LogP contribution in [0.25, 0.3) is 10.2 Å². The minimum Gasteiger partial charge on any atom is -0.296 e. The molecule has 0 radical (unpaired) electrons. The molecule has 0 aliphatic rings. The molecule has 0 aromatic carbocycles. The third kappa shape index (κ3) is 2.59. The summed E-state index contributed by atoms with van der Waals surface area (Å²) in [6, 6.07) is -0.101. The van der Waals surface area contributed by atoms with Crippen molar-refractivity contribution in [2.45, 2.75) is 39.7 Å². The number of aromatic nitrogens is 2. The van der Waals surface area contributed by atoms with E-state index in [1.54, 1.807) is 10.9 Å². The van der Waals surface area contributed by atoms with E-state index in [1.165, 1.54) is 11.3 Å². The average molecular weight is 294 g/mol. The molecule has 2 rings (SSSR count). The molecule has 0 aliphatic heterocycles. The zero-order valence-electron chi connectivity index (χ0n) is 11.8. The lowest BCUT2D eigenvalue weighted by Crippen LogP contribution is -2.31. The number of hydrogen-bond acceptors (Lipinski definition) is 5. The first-order valence-corrected chi connectivity index (χ1v) is 7.23. The van der Waals surface area contributed by atoms with Gasteiger partial charge in [-0.3, -0.25) is 19.6 Å². The van der Waals surface area contributed by atoms with Crippen molar-refractivity contribution in [3.63, 3.8) is 0 Å². The van der Waals surface area contributed by atoms with E-state index in [0.717, 1.165) is 15.3 Å². The number of hydrogen-bond donors (Lipinski definition) is 2. The van der Waals surface area contributed by atoms with Gasteiger partial charge in [0, 0.05) is 17.3 Å². The van der Waals surface area contributed by atoms with Crippen molar-refractivity contribution >= 4 is 27.5 Å². The van der Waals surface area contributed by atoms with Gasteiger partial charge in [0.1, 0.15) is 4.83 Å². The van der Waals surface area contributed by atoms with Gasteiger partial charge in [0.05, 0.1) is 11.7 Å². The number of aryl methyl sites for hydroxylation is 2. The molecule has 0 saturated carbocycles. The largest absolute Gasteiger partial charge is 0.296 e. The molecule has 2 aromatic rings. The first kappa shape index (κ1) is 14.7. The predicted molar refractivity (Wildman–Crippen MR) is 79.6 cm³/mol. The maximum Gasteiger partial charge on any atom is 0.262 e. The summed E-state index contributed by atoms with van der Waals surface area (Å²) >= 11 is 1.53. The van der Waals surface area contributed by atoms with Crippen molar-refractivity contribution in [3.8, 4) is 0 Å². The van der Waals surface area contributed by atoms with Gasteiger partial charge in [-0.1, -0.05) is 0 Å². The van der Waals surface area contributed by atoms with Crippen LogP contribution in [-0.2, 0) is 4.79 Å². The van der Waals surface area contributed by atoms with Crippen molar-refractivity contribution in [1.82, 2.24) is 15.0 Å². The number of carbonyl (C=O) groups excluding carboxylic acids is 1. The molecular formula is C13H18N4O2S. The SMILES string of the molecule is Cc1sc2ncn(C(C)CCC(=O)NN)c(=O)c2c1C. The van der Waals surface area contributed by atoms with Crippen LogP contribution in [0, 0.1) is 13.8 Å². The van der Waals surface area contributed by atoms with Crippen molar-refractivity contribution in [2.24, 2.45) is 5.84 Å². The molecule has 0 aliphatic carbocycles. The lowest BCUT2D eigenvalue weighted by atomic mass is 10.1. The monoisotopic (exact) mass is 294 g/mol. The normalized spacial score (nSPS) is 12.6. The van der Waals surface area contributed by atoms with Crippen molar-refractivity contribution in [1.29, 1.82) is 0 Å². The summed E-state index contributed by atoms with van der Waals surface area (Å²) in [5, 5.41) is 0.685. The fourth-order valence-corrected chi connectivity index (χ4v) is 3.10. The van der Waals surface area contributed by atoms with E-state index in [-0.39, 0.29) is 23.9 Å². The molecule has 3 N–H and O–H groups in total. The molecule has 0 saturated heterocycles. The van der Waals surface area contributed by atoms with E-state index in [4.69, 9.17) is 5.84 Å². The molecule has 6 nitrogen and oxygen atoms in total. The molecule has 0 bridgehead atoms. The lowest BCUT2D eigenvalue weighted by molar-refractivity contribution is -0.121. The molecule has 2 aromatic heterocycles. The van der Waals surface area contributed by atoms with Crippen LogP contribution in [-0.4, -0.2) is 15.5 Å². The van der Waals surface area contributed by atoms with E-state index in [9.17, 15) is 9.59 Å². The third-order valence-electron chi connectivity index (χ3n) is 3.54. The third-order valence-corrected chi connectivity index (χ3v) is 4.65. The van der Waals surface area contributed by atoms with Crippen LogP contribution in [0.15, 0.2) is 11.1 Å². The van der Waals surface area contributed by atoms with Crippen molar-refractivity contribution in [3.05, 3.63) is 27.1 Å². The van der Waals surface area contributed by atoms with Crippen LogP contribution in [0.3, 0.4) is 0 Å². The number of rotatable bonds is 4. The summed E-state index contributed by atoms with van der Waals surface area (Å²) in [6.45, 7) is 5.82. The first-order valence-electron chi connectivity index (χ1n) is 6.42. The van der Waals surface area contributed by atoms with Gasteiger partial charge in [0.2, 0.25) is 5.91 Å². The van der Waals surface area contributed by atoms with Gasteiger partial charge in [-0.05, 0) is 32.8 Å². The number of hydrazine groups is 1. The second-order valence-corrected chi connectivity index (χ2v) is 6.08. The zero-order valence-corrected chi connectivity index (χ0v) is 12.6. The van der Waals surface area contributed by atoms with Crippen LogP contribution in [0.4, 0.5) is 0 Å². The van der Waals surface area contributed by atoms with Gasteiger partial charge in [-0.2, -0.15) is 0 Å². The van der Waals surface area contributed by atoms with Crippen molar-refractivity contribution < 1.29 is 4.79 Å². The Balaban J connectivity index is 2.35. The second-order valence-electron chi connectivity index (χ2n) is 4.88. The number of fused-ring (bicyclic) bond motifs is 1. The summed E-state index contributed by atoms with van der Waals surface area (Å²) in [6.07, 6.45) is 2.38. The Morgan fingerprint density at radius 3 is 2.90 bits per heavy atom. The maximum atomic E-state index is 12.5. The number of amides is 1. The highest BCUT2D eigenvalue weighted by atomic mass is 32.1. The molecule has 20 heavy (non-hydrogen) atoms. The molecule has 1 atom stereocenters. The lowest BCUT2D eigenvalue weighted by Gasteiger charge is -2.14. The Labute approximate surface area is 120 Å². The Morgan fingerprint density at radius 1 is 1.55 bits per heavy atom. The smallest absolute Gasteiger partial charge is 0.262 e. The Bertz CT molecular complexity index is 704. The topological polar surface area (TPSA) is 90.0 Å². The van der Waals surface area contributed by atoms with Crippen LogP contribution < -0.4 is 16.8 Å². The highest BCUT2D eigenvalue weighted by Crippen LogP contribution is 2.26.